The molecule has 0 saturated heterocycles. The first kappa shape index (κ1) is 12.1. The Hall–Kier alpha value is -1.94. The van der Waals surface area contributed by atoms with Gasteiger partial charge in [-0.25, -0.2) is 4.98 Å². The monoisotopic (exact) mass is 255 g/mol. The molecule has 0 atom stereocenters. The van der Waals surface area contributed by atoms with Crippen molar-refractivity contribution in [2.75, 3.05) is 13.1 Å². The van der Waals surface area contributed by atoms with Crippen molar-refractivity contribution in [3.63, 3.8) is 0 Å². The average Bonchev–Trinajstić information content (AvgIpc) is 2.40. The largest absolute Gasteiger partial charge is 0.295 e. The van der Waals surface area contributed by atoms with Crippen LogP contribution in [0.4, 0.5) is 0 Å². The van der Waals surface area contributed by atoms with E-state index in [0.717, 1.165) is 42.1 Å². The molecule has 0 fully saturated rings. The van der Waals surface area contributed by atoms with Gasteiger partial charge in [0.05, 0.1) is 11.3 Å². The Labute approximate surface area is 112 Å². The van der Waals surface area contributed by atoms with E-state index in [4.69, 9.17) is 0 Å². The van der Waals surface area contributed by atoms with Crippen LogP contribution in [0.3, 0.4) is 0 Å². The molecule has 0 saturated carbocycles. The van der Waals surface area contributed by atoms with Crippen LogP contribution in [0.2, 0.25) is 0 Å². The minimum atomic E-state index is 0.0758. The third kappa shape index (κ3) is 1.98. The zero-order valence-electron chi connectivity index (χ0n) is 11.1. The van der Waals surface area contributed by atoms with Crippen LogP contribution in [0.5, 0.6) is 0 Å². The maximum Gasteiger partial charge on any atom is 0.262 e. The molecule has 1 aliphatic rings. The molecule has 19 heavy (non-hydrogen) atoms. The van der Waals surface area contributed by atoms with Crippen LogP contribution in [0.15, 0.2) is 35.6 Å². The first-order chi connectivity index (χ1) is 9.20. The number of fused-ring (bicyclic) bond motifs is 2. The van der Waals surface area contributed by atoms with E-state index in [1.165, 1.54) is 0 Å². The molecule has 0 aromatic carbocycles. The standard InChI is InChI=1S/C15H17N3O/c1-3-8-17-9-7-13-12(10-17)15(19)18-11(2)5-4-6-14(18)16-13/h3-6H,1,7-10H2,2H3. The van der Waals surface area contributed by atoms with Crippen molar-refractivity contribution in [3.8, 4) is 0 Å². The van der Waals surface area contributed by atoms with Gasteiger partial charge in [0.25, 0.3) is 5.56 Å². The van der Waals surface area contributed by atoms with Gasteiger partial charge in [-0.15, -0.1) is 6.58 Å². The summed E-state index contributed by atoms with van der Waals surface area (Å²) in [6.45, 7) is 8.12. The smallest absolute Gasteiger partial charge is 0.262 e. The molecule has 0 unspecified atom stereocenters. The van der Waals surface area contributed by atoms with Crippen LogP contribution in [-0.4, -0.2) is 27.4 Å². The fraction of sp³-hybridized carbons (Fsp3) is 0.333. The fourth-order valence-electron chi connectivity index (χ4n) is 2.69. The number of pyridine rings is 1. The van der Waals surface area contributed by atoms with Crippen LogP contribution in [0.1, 0.15) is 17.0 Å². The Bertz CT molecular complexity index is 702. The van der Waals surface area contributed by atoms with E-state index in [-0.39, 0.29) is 5.56 Å². The molecule has 3 heterocycles. The van der Waals surface area contributed by atoms with Crippen molar-refractivity contribution < 1.29 is 0 Å². The van der Waals surface area contributed by atoms with Crippen LogP contribution >= 0.6 is 0 Å². The summed E-state index contributed by atoms with van der Waals surface area (Å²) in [6.07, 6.45) is 2.71. The number of hydrogen-bond acceptors (Lipinski definition) is 3. The number of nitrogens with zero attached hydrogens (tertiary/aromatic N) is 3. The average molecular weight is 255 g/mol. The van der Waals surface area contributed by atoms with E-state index in [2.05, 4.69) is 16.5 Å². The van der Waals surface area contributed by atoms with Gasteiger partial charge in [-0.3, -0.25) is 14.1 Å². The molecule has 3 rings (SSSR count). The number of rotatable bonds is 2. The second kappa shape index (κ2) is 4.63. The van der Waals surface area contributed by atoms with Gasteiger partial charge in [0.15, 0.2) is 0 Å². The molecule has 98 valence electrons. The van der Waals surface area contributed by atoms with Crippen molar-refractivity contribution in [3.05, 3.63) is 58.2 Å². The number of hydrogen-bond donors (Lipinski definition) is 0. The van der Waals surface area contributed by atoms with Crippen LogP contribution in [0, 0.1) is 6.92 Å². The van der Waals surface area contributed by atoms with E-state index in [0.29, 0.717) is 6.54 Å². The zero-order chi connectivity index (χ0) is 13.4. The van der Waals surface area contributed by atoms with Crippen molar-refractivity contribution in [1.82, 2.24) is 14.3 Å². The highest BCUT2D eigenvalue weighted by Crippen LogP contribution is 2.15. The summed E-state index contributed by atoms with van der Waals surface area (Å²) < 4.78 is 1.70. The highest BCUT2D eigenvalue weighted by molar-refractivity contribution is 5.43. The molecule has 2 aromatic rings. The summed E-state index contributed by atoms with van der Waals surface area (Å²) in [5.74, 6) is 0. The lowest BCUT2D eigenvalue weighted by atomic mass is 10.1. The van der Waals surface area contributed by atoms with Gasteiger partial charge < -0.3 is 0 Å². The van der Waals surface area contributed by atoms with E-state index in [9.17, 15) is 4.79 Å². The summed E-state index contributed by atoms with van der Waals surface area (Å²) in [7, 11) is 0. The third-order valence-corrected chi connectivity index (χ3v) is 3.66. The van der Waals surface area contributed by atoms with Gasteiger partial charge in [0, 0.05) is 31.7 Å². The summed E-state index contributed by atoms with van der Waals surface area (Å²) in [5, 5.41) is 0. The van der Waals surface area contributed by atoms with Gasteiger partial charge in [-0.2, -0.15) is 0 Å². The molecular formula is C15H17N3O. The quantitative estimate of drug-likeness (QED) is 0.764. The molecular weight excluding hydrogens is 238 g/mol. The lowest BCUT2D eigenvalue weighted by molar-refractivity contribution is 0.277. The molecule has 0 aliphatic carbocycles. The first-order valence-electron chi connectivity index (χ1n) is 6.54. The van der Waals surface area contributed by atoms with E-state index in [1.54, 1.807) is 4.40 Å². The van der Waals surface area contributed by atoms with E-state index in [1.807, 2.05) is 31.2 Å². The second-order valence-electron chi connectivity index (χ2n) is 4.98. The molecule has 4 nitrogen and oxygen atoms in total. The first-order valence-corrected chi connectivity index (χ1v) is 6.54. The van der Waals surface area contributed by atoms with Gasteiger partial charge in [0.1, 0.15) is 5.65 Å². The van der Waals surface area contributed by atoms with E-state index < -0.39 is 0 Å². The minimum absolute atomic E-state index is 0.0758. The molecule has 0 spiro atoms. The summed E-state index contributed by atoms with van der Waals surface area (Å²) in [4.78, 5) is 19.5. The molecule has 0 radical (unpaired) electrons. The van der Waals surface area contributed by atoms with Crippen molar-refractivity contribution in [2.24, 2.45) is 0 Å². The van der Waals surface area contributed by atoms with E-state index >= 15 is 0 Å². The summed E-state index contributed by atoms with van der Waals surface area (Å²) in [5.41, 5.74) is 3.54. The van der Waals surface area contributed by atoms with Gasteiger partial charge in [-0.1, -0.05) is 12.1 Å². The molecule has 4 heteroatoms. The van der Waals surface area contributed by atoms with Crippen molar-refractivity contribution in [2.45, 2.75) is 19.9 Å². The Morgan fingerprint density at radius 2 is 2.32 bits per heavy atom. The highest BCUT2D eigenvalue weighted by Gasteiger charge is 2.21. The maximum atomic E-state index is 12.6. The predicted octanol–water partition coefficient (Wildman–Crippen LogP) is 1.55. The number of aryl methyl sites for hydroxylation is 1. The lowest BCUT2D eigenvalue weighted by Gasteiger charge is -2.26. The molecule has 2 aromatic heterocycles. The Balaban J connectivity index is 2.19. The van der Waals surface area contributed by atoms with Crippen LogP contribution in [0.25, 0.3) is 5.65 Å². The van der Waals surface area contributed by atoms with Crippen molar-refractivity contribution in [1.29, 1.82) is 0 Å². The lowest BCUT2D eigenvalue weighted by Crippen LogP contribution is -2.37. The Morgan fingerprint density at radius 1 is 1.47 bits per heavy atom. The minimum Gasteiger partial charge on any atom is -0.295 e. The van der Waals surface area contributed by atoms with Crippen molar-refractivity contribution >= 4 is 5.65 Å². The molecule has 1 aliphatic heterocycles. The summed E-state index contributed by atoms with van der Waals surface area (Å²) >= 11 is 0. The van der Waals surface area contributed by atoms with Gasteiger partial charge in [0.2, 0.25) is 0 Å². The Kier molecular flexibility index (Phi) is 2.95. The molecule has 0 bridgehead atoms. The normalized spacial score (nSPS) is 15.4. The maximum absolute atomic E-state index is 12.6. The SMILES string of the molecule is C=CCN1CCc2nc3cccc(C)n3c(=O)c2C1. The molecule has 0 amide bonds. The fourth-order valence-corrected chi connectivity index (χ4v) is 2.69. The summed E-state index contributed by atoms with van der Waals surface area (Å²) in [6, 6.07) is 5.77. The highest BCUT2D eigenvalue weighted by atomic mass is 16.1. The van der Waals surface area contributed by atoms with Gasteiger partial charge in [-0.05, 0) is 19.1 Å². The molecule has 0 N–H and O–H groups in total. The topological polar surface area (TPSA) is 37.6 Å². The number of aromatic nitrogens is 2. The van der Waals surface area contributed by atoms with Crippen LogP contribution < -0.4 is 5.56 Å². The van der Waals surface area contributed by atoms with Crippen LogP contribution in [-0.2, 0) is 13.0 Å². The zero-order valence-corrected chi connectivity index (χ0v) is 11.1. The second-order valence-corrected chi connectivity index (χ2v) is 4.98. The van der Waals surface area contributed by atoms with Gasteiger partial charge >= 0.3 is 0 Å². The predicted molar refractivity (Wildman–Crippen MR) is 75.4 cm³/mol. The third-order valence-electron chi connectivity index (χ3n) is 3.66. The Morgan fingerprint density at radius 3 is 3.11 bits per heavy atom.